The van der Waals surface area contributed by atoms with Crippen LogP contribution in [0.4, 0.5) is 0 Å². The summed E-state index contributed by atoms with van der Waals surface area (Å²) >= 11 is 0. The topological polar surface area (TPSA) is 42.2 Å². The molecule has 0 aliphatic carbocycles. The molecule has 0 saturated carbocycles. The fraction of sp³-hybridized carbons (Fsp3) is 0.900. The summed E-state index contributed by atoms with van der Waals surface area (Å²) in [4.78, 5) is 0. The Morgan fingerprint density at radius 1 is 1.62 bits per heavy atom. The van der Waals surface area contributed by atoms with Gasteiger partial charge in [-0.2, -0.15) is 5.26 Å². The zero-order valence-corrected chi connectivity index (χ0v) is 8.38. The molecule has 1 heterocycles. The summed E-state index contributed by atoms with van der Waals surface area (Å²) < 4.78 is 10.8. The van der Waals surface area contributed by atoms with E-state index in [1.54, 1.807) is 7.11 Å². The number of hydrogen-bond donors (Lipinski definition) is 0. The molecule has 0 spiro atoms. The highest BCUT2D eigenvalue weighted by Gasteiger charge is 2.39. The Balaban J connectivity index is 2.67. The predicted octanol–water partition coefficient (Wildman–Crippen LogP) is 1.73. The predicted molar refractivity (Wildman–Crippen MR) is 49.2 cm³/mol. The summed E-state index contributed by atoms with van der Waals surface area (Å²) in [6.45, 7) is 3.20. The minimum absolute atomic E-state index is 0.0900. The van der Waals surface area contributed by atoms with Crippen LogP contribution in [0.5, 0.6) is 0 Å². The summed E-state index contributed by atoms with van der Waals surface area (Å²) in [5.41, 5.74) is -0.345. The van der Waals surface area contributed by atoms with Gasteiger partial charge in [0, 0.05) is 13.7 Å². The van der Waals surface area contributed by atoms with E-state index in [2.05, 4.69) is 6.07 Å². The monoisotopic (exact) mass is 183 g/mol. The molecule has 1 rings (SSSR count). The van der Waals surface area contributed by atoms with Gasteiger partial charge >= 0.3 is 0 Å². The number of ether oxygens (including phenoxy) is 2. The maximum Gasteiger partial charge on any atom is 0.107 e. The minimum Gasteiger partial charge on any atom is -0.382 e. The fourth-order valence-corrected chi connectivity index (χ4v) is 1.82. The van der Waals surface area contributed by atoms with Gasteiger partial charge in [0.1, 0.15) is 5.60 Å². The van der Waals surface area contributed by atoms with Crippen LogP contribution in [0.2, 0.25) is 0 Å². The average molecular weight is 183 g/mol. The van der Waals surface area contributed by atoms with Crippen LogP contribution in [-0.2, 0) is 9.47 Å². The van der Waals surface area contributed by atoms with Crippen molar-refractivity contribution in [3.63, 3.8) is 0 Å². The van der Waals surface area contributed by atoms with Gasteiger partial charge in [-0.05, 0) is 26.2 Å². The Morgan fingerprint density at radius 3 is 2.85 bits per heavy atom. The molecular weight excluding hydrogens is 166 g/mol. The SMILES string of the molecule is COCC1(C(C)C#N)CCCCO1. The molecular formula is C10H17NO2. The van der Waals surface area contributed by atoms with Crippen LogP contribution in [0.1, 0.15) is 26.2 Å². The Kier molecular flexibility index (Phi) is 3.71. The van der Waals surface area contributed by atoms with E-state index < -0.39 is 0 Å². The van der Waals surface area contributed by atoms with Crippen LogP contribution in [0, 0.1) is 17.2 Å². The zero-order chi connectivity index (χ0) is 9.73. The van der Waals surface area contributed by atoms with Gasteiger partial charge in [0.2, 0.25) is 0 Å². The van der Waals surface area contributed by atoms with E-state index in [0.29, 0.717) is 6.61 Å². The third-order valence-electron chi connectivity index (χ3n) is 2.76. The van der Waals surface area contributed by atoms with Gasteiger partial charge < -0.3 is 9.47 Å². The first kappa shape index (κ1) is 10.5. The maximum absolute atomic E-state index is 8.89. The first-order valence-electron chi connectivity index (χ1n) is 4.78. The molecule has 0 N–H and O–H groups in total. The van der Waals surface area contributed by atoms with E-state index in [-0.39, 0.29) is 11.5 Å². The van der Waals surface area contributed by atoms with Crippen molar-refractivity contribution in [1.29, 1.82) is 5.26 Å². The fourth-order valence-electron chi connectivity index (χ4n) is 1.82. The van der Waals surface area contributed by atoms with Crippen molar-refractivity contribution in [1.82, 2.24) is 0 Å². The molecule has 74 valence electrons. The van der Waals surface area contributed by atoms with Crippen molar-refractivity contribution in [2.45, 2.75) is 31.8 Å². The molecule has 0 radical (unpaired) electrons. The second-order valence-electron chi connectivity index (χ2n) is 3.65. The summed E-state index contributed by atoms with van der Waals surface area (Å²) in [7, 11) is 1.66. The third kappa shape index (κ3) is 2.20. The molecule has 0 bridgehead atoms. The molecule has 0 aromatic carbocycles. The Morgan fingerprint density at radius 2 is 2.38 bits per heavy atom. The largest absolute Gasteiger partial charge is 0.382 e. The van der Waals surface area contributed by atoms with Gasteiger partial charge in [0.15, 0.2) is 0 Å². The van der Waals surface area contributed by atoms with Crippen LogP contribution in [0.25, 0.3) is 0 Å². The van der Waals surface area contributed by atoms with Crippen molar-refractivity contribution >= 4 is 0 Å². The van der Waals surface area contributed by atoms with Gasteiger partial charge in [-0.1, -0.05) is 0 Å². The van der Waals surface area contributed by atoms with Crippen molar-refractivity contribution < 1.29 is 9.47 Å². The molecule has 0 amide bonds. The van der Waals surface area contributed by atoms with Crippen LogP contribution in [0.15, 0.2) is 0 Å². The molecule has 0 aromatic rings. The summed E-state index contributed by atoms with van der Waals surface area (Å²) in [6.07, 6.45) is 3.18. The van der Waals surface area contributed by atoms with Gasteiger partial charge in [-0.25, -0.2) is 0 Å². The lowest BCUT2D eigenvalue weighted by Crippen LogP contribution is -2.45. The molecule has 2 unspecified atom stereocenters. The van der Waals surface area contributed by atoms with Gasteiger partial charge in [-0.15, -0.1) is 0 Å². The van der Waals surface area contributed by atoms with E-state index in [1.165, 1.54) is 0 Å². The minimum atomic E-state index is -0.345. The Labute approximate surface area is 79.6 Å². The van der Waals surface area contributed by atoms with Crippen molar-refractivity contribution in [3.8, 4) is 6.07 Å². The summed E-state index contributed by atoms with van der Waals surface area (Å²) in [5, 5.41) is 8.89. The highest BCUT2D eigenvalue weighted by molar-refractivity contribution is 4.98. The second kappa shape index (κ2) is 4.59. The van der Waals surface area contributed by atoms with E-state index >= 15 is 0 Å². The Hall–Kier alpha value is -0.590. The molecule has 0 aromatic heterocycles. The van der Waals surface area contributed by atoms with Crippen LogP contribution < -0.4 is 0 Å². The maximum atomic E-state index is 8.89. The summed E-state index contributed by atoms with van der Waals surface area (Å²) in [6, 6.07) is 2.26. The number of nitriles is 1. The first-order chi connectivity index (χ1) is 6.25. The van der Waals surface area contributed by atoms with Crippen LogP contribution in [0.3, 0.4) is 0 Å². The standard InChI is InChI=1S/C10H17NO2/c1-9(7-11)10(8-12-2)5-3-4-6-13-10/h9H,3-6,8H2,1-2H3. The first-order valence-corrected chi connectivity index (χ1v) is 4.78. The lowest BCUT2D eigenvalue weighted by Gasteiger charge is -2.38. The van der Waals surface area contributed by atoms with Crippen molar-refractivity contribution in [3.05, 3.63) is 0 Å². The smallest absolute Gasteiger partial charge is 0.107 e. The molecule has 1 fully saturated rings. The molecule has 3 heteroatoms. The normalized spacial score (nSPS) is 30.8. The number of rotatable bonds is 3. The quantitative estimate of drug-likeness (QED) is 0.669. The highest BCUT2D eigenvalue weighted by Crippen LogP contribution is 2.32. The zero-order valence-electron chi connectivity index (χ0n) is 8.38. The second-order valence-corrected chi connectivity index (χ2v) is 3.65. The lowest BCUT2D eigenvalue weighted by molar-refractivity contribution is -0.134. The number of nitrogens with zero attached hydrogens (tertiary/aromatic N) is 1. The van der Waals surface area contributed by atoms with Crippen LogP contribution in [-0.4, -0.2) is 25.9 Å². The van der Waals surface area contributed by atoms with Gasteiger partial charge in [-0.3, -0.25) is 0 Å². The van der Waals surface area contributed by atoms with Crippen molar-refractivity contribution in [2.24, 2.45) is 5.92 Å². The molecule has 1 saturated heterocycles. The van der Waals surface area contributed by atoms with E-state index in [4.69, 9.17) is 14.7 Å². The van der Waals surface area contributed by atoms with E-state index in [0.717, 1.165) is 25.9 Å². The molecule has 2 atom stereocenters. The van der Waals surface area contributed by atoms with Crippen molar-refractivity contribution in [2.75, 3.05) is 20.3 Å². The number of methoxy groups -OCH3 is 1. The van der Waals surface area contributed by atoms with E-state index in [9.17, 15) is 0 Å². The molecule has 1 aliphatic heterocycles. The highest BCUT2D eigenvalue weighted by atomic mass is 16.5. The molecule has 1 aliphatic rings. The van der Waals surface area contributed by atoms with Gasteiger partial charge in [0.05, 0.1) is 18.6 Å². The molecule has 3 nitrogen and oxygen atoms in total. The van der Waals surface area contributed by atoms with E-state index in [1.807, 2.05) is 6.92 Å². The average Bonchev–Trinajstić information content (AvgIpc) is 2.18. The Bertz CT molecular complexity index is 186. The lowest BCUT2D eigenvalue weighted by atomic mass is 9.84. The van der Waals surface area contributed by atoms with Gasteiger partial charge in [0.25, 0.3) is 0 Å². The third-order valence-corrected chi connectivity index (χ3v) is 2.76. The number of hydrogen-bond acceptors (Lipinski definition) is 3. The molecule has 13 heavy (non-hydrogen) atoms. The van der Waals surface area contributed by atoms with Crippen LogP contribution >= 0.6 is 0 Å². The summed E-state index contributed by atoms with van der Waals surface area (Å²) in [5.74, 6) is -0.0900.